The summed E-state index contributed by atoms with van der Waals surface area (Å²) in [4.78, 5) is 2.13. The molecule has 0 amide bonds. The highest BCUT2D eigenvalue weighted by atomic mass is 35.5. The van der Waals surface area contributed by atoms with E-state index in [-0.39, 0.29) is 6.04 Å². The molecule has 0 aliphatic rings. The van der Waals surface area contributed by atoms with Crippen molar-refractivity contribution < 1.29 is 13.9 Å². The average Bonchev–Trinajstić information content (AvgIpc) is 3.11. The van der Waals surface area contributed by atoms with Gasteiger partial charge in [-0.3, -0.25) is 4.90 Å². The molecule has 1 unspecified atom stereocenters. The fraction of sp³-hybridized carbons (Fsp3) is 0.474. The fourth-order valence-electron chi connectivity index (χ4n) is 2.59. The van der Waals surface area contributed by atoms with Gasteiger partial charge in [0.25, 0.3) is 0 Å². The van der Waals surface area contributed by atoms with E-state index in [0.29, 0.717) is 29.7 Å². The van der Waals surface area contributed by atoms with Gasteiger partial charge in [-0.15, -0.1) is 0 Å². The van der Waals surface area contributed by atoms with Crippen LogP contribution in [0.3, 0.4) is 0 Å². The maximum Gasteiger partial charge on any atom is 0.179 e. The lowest BCUT2D eigenvalue weighted by molar-refractivity contribution is 0.250. The van der Waals surface area contributed by atoms with Gasteiger partial charge in [-0.25, -0.2) is 0 Å². The molecule has 1 heterocycles. The van der Waals surface area contributed by atoms with Gasteiger partial charge in [-0.2, -0.15) is 0 Å². The van der Waals surface area contributed by atoms with E-state index in [1.807, 2.05) is 38.4 Å². The number of ether oxygens (including phenoxy) is 2. The summed E-state index contributed by atoms with van der Waals surface area (Å²) in [5.74, 6) is 2.21. The summed E-state index contributed by atoms with van der Waals surface area (Å²) >= 11 is 6.37. The zero-order valence-corrected chi connectivity index (χ0v) is 16.1. The Morgan fingerprint density at radius 1 is 1.32 bits per heavy atom. The third-order valence-electron chi connectivity index (χ3n) is 3.90. The molecular formula is C19H27ClN2O3. The topological polar surface area (TPSA) is 46.9 Å². The summed E-state index contributed by atoms with van der Waals surface area (Å²) in [7, 11) is 5.70. The molecule has 0 aliphatic heterocycles. The third kappa shape index (κ3) is 5.39. The Kier molecular flexibility index (Phi) is 7.62. The SMILES string of the molecule is CCCOc1c(Cl)cc(CNCC(c2ccco2)N(C)C)cc1OC. The van der Waals surface area contributed by atoms with Crippen LogP contribution in [0.1, 0.15) is 30.7 Å². The van der Waals surface area contributed by atoms with E-state index in [0.717, 1.165) is 24.3 Å². The van der Waals surface area contributed by atoms with Gasteiger partial charge in [0.15, 0.2) is 11.5 Å². The highest BCUT2D eigenvalue weighted by Crippen LogP contribution is 2.36. The second-order valence-electron chi connectivity index (χ2n) is 6.08. The maximum atomic E-state index is 6.37. The van der Waals surface area contributed by atoms with Gasteiger partial charge in [0, 0.05) is 13.1 Å². The highest BCUT2D eigenvalue weighted by Gasteiger charge is 2.17. The lowest BCUT2D eigenvalue weighted by Gasteiger charge is -2.23. The lowest BCUT2D eigenvalue weighted by Crippen LogP contribution is -2.30. The molecule has 5 nitrogen and oxygen atoms in total. The predicted molar refractivity (Wildman–Crippen MR) is 101 cm³/mol. The number of nitrogens with zero attached hydrogens (tertiary/aromatic N) is 1. The average molecular weight is 367 g/mol. The minimum Gasteiger partial charge on any atom is -0.493 e. The molecule has 2 aromatic rings. The van der Waals surface area contributed by atoms with Crippen molar-refractivity contribution in [2.45, 2.75) is 25.9 Å². The second-order valence-corrected chi connectivity index (χ2v) is 6.49. The monoisotopic (exact) mass is 366 g/mol. The van der Waals surface area contributed by atoms with Crippen LogP contribution in [0.4, 0.5) is 0 Å². The van der Waals surface area contributed by atoms with Crippen molar-refractivity contribution in [2.24, 2.45) is 0 Å². The van der Waals surface area contributed by atoms with Crippen LogP contribution in [0, 0.1) is 0 Å². The number of methoxy groups -OCH3 is 1. The van der Waals surface area contributed by atoms with Gasteiger partial charge in [0.2, 0.25) is 0 Å². The van der Waals surface area contributed by atoms with E-state index in [1.54, 1.807) is 13.4 Å². The summed E-state index contributed by atoms with van der Waals surface area (Å²) in [5, 5.41) is 4.03. The van der Waals surface area contributed by atoms with Gasteiger partial charge in [-0.1, -0.05) is 18.5 Å². The molecule has 0 bridgehead atoms. The third-order valence-corrected chi connectivity index (χ3v) is 4.18. The van der Waals surface area contributed by atoms with E-state index < -0.39 is 0 Å². The van der Waals surface area contributed by atoms with E-state index in [1.165, 1.54) is 0 Å². The van der Waals surface area contributed by atoms with Crippen molar-refractivity contribution in [3.63, 3.8) is 0 Å². The number of likely N-dealkylation sites (N-methyl/N-ethyl adjacent to an activating group) is 1. The normalized spacial score (nSPS) is 12.4. The van der Waals surface area contributed by atoms with Crippen LogP contribution in [-0.2, 0) is 6.54 Å². The van der Waals surface area contributed by atoms with Gasteiger partial charge in [-0.05, 0) is 50.3 Å². The smallest absolute Gasteiger partial charge is 0.179 e. The van der Waals surface area contributed by atoms with Gasteiger partial charge < -0.3 is 19.2 Å². The Hall–Kier alpha value is -1.69. The van der Waals surface area contributed by atoms with E-state index in [2.05, 4.69) is 17.1 Å². The molecule has 25 heavy (non-hydrogen) atoms. The Bertz CT molecular complexity index is 644. The minimum atomic E-state index is 0.166. The molecule has 138 valence electrons. The Morgan fingerprint density at radius 2 is 2.12 bits per heavy atom. The van der Waals surface area contributed by atoms with Crippen LogP contribution < -0.4 is 14.8 Å². The molecule has 0 aliphatic carbocycles. The quantitative estimate of drug-likeness (QED) is 0.685. The van der Waals surface area contributed by atoms with Crippen molar-refractivity contribution in [3.8, 4) is 11.5 Å². The molecule has 0 fully saturated rings. The van der Waals surface area contributed by atoms with Gasteiger partial charge in [0.05, 0.1) is 31.0 Å². The molecule has 6 heteroatoms. The predicted octanol–water partition coefficient (Wildman–Crippen LogP) is 4.12. The van der Waals surface area contributed by atoms with Crippen molar-refractivity contribution in [1.82, 2.24) is 10.2 Å². The zero-order chi connectivity index (χ0) is 18.2. The molecule has 1 aromatic heterocycles. The molecule has 0 radical (unpaired) electrons. The lowest BCUT2D eigenvalue weighted by atomic mass is 10.1. The number of hydrogen-bond donors (Lipinski definition) is 1. The summed E-state index contributed by atoms with van der Waals surface area (Å²) in [6, 6.07) is 7.94. The first-order chi connectivity index (χ1) is 12.1. The van der Waals surface area contributed by atoms with E-state index in [9.17, 15) is 0 Å². The van der Waals surface area contributed by atoms with Gasteiger partial charge in [0.1, 0.15) is 5.76 Å². The van der Waals surface area contributed by atoms with Crippen LogP contribution >= 0.6 is 11.6 Å². The molecule has 1 atom stereocenters. The Labute approximate surface area is 154 Å². The minimum absolute atomic E-state index is 0.166. The Balaban J connectivity index is 2.01. The van der Waals surface area contributed by atoms with Gasteiger partial charge >= 0.3 is 0 Å². The van der Waals surface area contributed by atoms with Crippen LogP contribution in [0.2, 0.25) is 5.02 Å². The fourth-order valence-corrected chi connectivity index (χ4v) is 2.88. The van der Waals surface area contributed by atoms with Crippen molar-refractivity contribution >= 4 is 11.6 Å². The summed E-state index contributed by atoms with van der Waals surface area (Å²) in [6.45, 7) is 4.10. The van der Waals surface area contributed by atoms with E-state index >= 15 is 0 Å². The first-order valence-corrected chi connectivity index (χ1v) is 8.84. The molecule has 1 N–H and O–H groups in total. The van der Waals surface area contributed by atoms with Crippen LogP contribution in [0.15, 0.2) is 34.9 Å². The summed E-state index contributed by atoms with van der Waals surface area (Å²) < 4.78 is 16.6. The number of nitrogens with one attached hydrogen (secondary N) is 1. The first kappa shape index (κ1) is 19.6. The number of benzene rings is 1. The number of rotatable bonds is 10. The second kappa shape index (κ2) is 9.70. The molecule has 0 spiro atoms. The van der Waals surface area contributed by atoms with E-state index in [4.69, 9.17) is 25.5 Å². The zero-order valence-electron chi connectivity index (χ0n) is 15.3. The Morgan fingerprint density at radius 3 is 2.72 bits per heavy atom. The largest absolute Gasteiger partial charge is 0.493 e. The van der Waals surface area contributed by atoms with Crippen LogP contribution in [0.5, 0.6) is 11.5 Å². The maximum absolute atomic E-state index is 6.37. The molecule has 0 saturated carbocycles. The number of furan rings is 1. The molecule has 2 rings (SSSR count). The van der Waals surface area contributed by atoms with Crippen LogP contribution in [-0.4, -0.2) is 39.3 Å². The van der Waals surface area contributed by atoms with Crippen molar-refractivity contribution in [3.05, 3.63) is 46.9 Å². The summed E-state index contributed by atoms with van der Waals surface area (Å²) in [6.07, 6.45) is 2.62. The summed E-state index contributed by atoms with van der Waals surface area (Å²) in [5.41, 5.74) is 1.04. The standard InChI is InChI=1S/C19H27ClN2O3/c1-5-8-25-19-15(20)10-14(11-18(19)23-4)12-21-13-16(22(2)3)17-7-6-9-24-17/h6-7,9-11,16,21H,5,8,12-13H2,1-4H3. The van der Waals surface area contributed by atoms with Crippen molar-refractivity contribution in [2.75, 3.05) is 34.4 Å². The first-order valence-electron chi connectivity index (χ1n) is 8.46. The molecule has 1 aromatic carbocycles. The van der Waals surface area contributed by atoms with Crippen molar-refractivity contribution in [1.29, 1.82) is 0 Å². The number of halogens is 1. The highest BCUT2D eigenvalue weighted by molar-refractivity contribution is 6.32. The molecular weight excluding hydrogens is 340 g/mol. The van der Waals surface area contributed by atoms with Crippen LogP contribution in [0.25, 0.3) is 0 Å². The molecule has 0 saturated heterocycles. The number of hydrogen-bond acceptors (Lipinski definition) is 5.